The molecule has 1 amide bonds. The van der Waals surface area contributed by atoms with Crippen LogP contribution in [0.25, 0.3) is 10.9 Å². The number of rotatable bonds is 6. The molecule has 0 atom stereocenters. The number of hydrogen-bond donors (Lipinski definition) is 2. The van der Waals surface area contributed by atoms with E-state index in [0.717, 1.165) is 10.9 Å². The van der Waals surface area contributed by atoms with Crippen LogP contribution >= 0.6 is 0 Å². The van der Waals surface area contributed by atoms with Crippen LogP contribution in [-0.4, -0.2) is 41.7 Å². The molecule has 20 heavy (non-hydrogen) atoms. The van der Waals surface area contributed by atoms with Gasteiger partial charge >= 0.3 is 5.97 Å². The van der Waals surface area contributed by atoms with Crippen molar-refractivity contribution in [3.63, 3.8) is 0 Å². The molecule has 1 heterocycles. The number of fused-ring (bicyclic) bond motifs is 1. The molecule has 0 saturated carbocycles. The number of benzene rings is 1. The second-order valence-electron chi connectivity index (χ2n) is 4.11. The lowest BCUT2D eigenvalue weighted by Crippen LogP contribution is -2.27. The molecule has 6 heteroatoms. The molecule has 2 aromatic rings. The summed E-state index contributed by atoms with van der Waals surface area (Å²) in [5, 5.41) is 11.9. The Morgan fingerprint density at radius 2 is 2.15 bits per heavy atom. The Morgan fingerprint density at radius 1 is 1.30 bits per heavy atom. The van der Waals surface area contributed by atoms with E-state index in [1.54, 1.807) is 24.4 Å². The van der Waals surface area contributed by atoms with E-state index in [0.29, 0.717) is 5.56 Å². The van der Waals surface area contributed by atoms with Gasteiger partial charge in [0.25, 0.3) is 5.91 Å². The van der Waals surface area contributed by atoms with Gasteiger partial charge in [0.05, 0.1) is 12.1 Å². The number of hydrogen-bond acceptors (Lipinski definition) is 4. The van der Waals surface area contributed by atoms with E-state index in [1.807, 2.05) is 12.1 Å². The Balaban J connectivity index is 1.89. The molecule has 104 valence electrons. The quantitative estimate of drug-likeness (QED) is 0.769. The zero-order chi connectivity index (χ0) is 14.4. The van der Waals surface area contributed by atoms with Gasteiger partial charge in [0.1, 0.15) is 6.61 Å². The molecular weight excluding hydrogens is 260 g/mol. The maximum Gasteiger partial charge on any atom is 0.329 e. The number of ether oxygens (including phenoxy) is 1. The van der Waals surface area contributed by atoms with E-state index in [2.05, 4.69) is 10.3 Å². The minimum atomic E-state index is -1.03. The van der Waals surface area contributed by atoms with E-state index in [1.165, 1.54) is 0 Å². The molecule has 6 nitrogen and oxygen atoms in total. The number of carboxylic acid groups (broad SMARTS) is 1. The first-order valence-corrected chi connectivity index (χ1v) is 6.09. The highest BCUT2D eigenvalue weighted by Gasteiger charge is 2.06. The number of carbonyl (C=O) groups excluding carboxylic acids is 1. The van der Waals surface area contributed by atoms with Gasteiger partial charge in [0, 0.05) is 23.7 Å². The molecule has 0 bridgehead atoms. The number of carbonyl (C=O) groups is 2. The van der Waals surface area contributed by atoms with Crippen molar-refractivity contribution < 1.29 is 19.4 Å². The third-order valence-corrected chi connectivity index (χ3v) is 2.62. The molecule has 0 unspecified atom stereocenters. The maximum absolute atomic E-state index is 11.9. The van der Waals surface area contributed by atoms with Crippen LogP contribution in [0.5, 0.6) is 0 Å². The van der Waals surface area contributed by atoms with Crippen LogP contribution in [0.15, 0.2) is 36.5 Å². The second kappa shape index (κ2) is 6.63. The van der Waals surface area contributed by atoms with E-state index in [4.69, 9.17) is 9.84 Å². The number of carboxylic acids is 1. The van der Waals surface area contributed by atoms with E-state index in [9.17, 15) is 9.59 Å². The third-order valence-electron chi connectivity index (χ3n) is 2.62. The average molecular weight is 274 g/mol. The number of pyridine rings is 1. The van der Waals surface area contributed by atoms with Crippen LogP contribution < -0.4 is 5.32 Å². The molecular formula is C14H14N2O4. The van der Waals surface area contributed by atoms with Crippen molar-refractivity contribution in [1.82, 2.24) is 10.3 Å². The van der Waals surface area contributed by atoms with Gasteiger partial charge in [-0.05, 0) is 24.3 Å². The summed E-state index contributed by atoms with van der Waals surface area (Å²) in [6.45, 7) is 0.0574. The fourth-order valence-corrected chi connectivity index (χ4v) is 1.72. The fourth-order valence-electron chi connectivity index (χ4n) is 1.72. The highest BCUT2D eigenvalue weighted by Crippen LogP contribution is 2.13. The molecule has 1 aromatic carbocycles. The van der Waals surface area contributed by atoms with Gasteiger partial charge in [-0.25, -0.2) is 4.79 Å². The molecule has 2 rings (SSSR count). The summed E-state index contributed by atoms with van der Waals surface area (Å²) in [6, 6.07) is 8.93. The van der Waals surface area contributed by atoms with Crippen LogP contribution in [0.3, 0.4) is 0 Å². The maximum atomic E-state index is 11.9. The van der Waals surface area contributed by atoms with Crippen LogP contribution in [0.4, 0.5) is 0 Å². The lowest BCUT2D eigenvalue weighted by Gasteiger charge is -2.06. The highest BCUT2D eigenvalue weighted by atomic mass is 16.5. The van der Waals surface area contributed by atoms with Gasteiger partial charge in [-0.3, -0.25) is 9.78 Å². The van der Waals surface area contributed by atoms with Gasteiger partial charge < -0.3 is 15.2 Å². The van der Waals surface area contributed by atoms with Crippen molar-refractivity contribution in [2.75, 3.05) is 19.8 Å². The first-order chi connectivity index (χ1) is 9.66. The van der Waals surface area contributed by atoms with Crippen molar-refractivity contribution >= 4 is 22.8 Å². The van der Waals surface area contributed by atoms with Crippen molar-refractivity contribution in [2.45, 2.75) is 0 Å². The number of aromatic nitrogens is 1. The smallest absolute Gasteiger partial charge is 0.329 e. The van der Waals surface area contributed by atoms with Crippen LogP contribution in [0.2, 0.25) is 0 Å². The highest BCUT2D eigenvalue weighted by molar-refractivity contribution is 5.97. The first kappa shape index (κ1) is 14.0. The minimum absolute atomic E-state index is 0.160. The van der Waals surface area contributed by atoms with Crippen molar-refractivity contribution in [3.05, 3.63) is 42.1 Å². The fraction of sp³-hybridized carbons (Fsp3) is 0.214. The molecule has 0 aliphatic carbocycles. The monoisotopic (exact) mass is 274 g/mol. The average Bonchev–Trinajstić information content (AvgIpc) is 2.46. The Kier molecular flexibility index (Phi) is 4.62. The number of nitrogens with zero attached hydrogens (tertiary/aromatic N) is 1. The molecule has 0 radical (unpaired) electrons. The standard InChI is InChI=1S/C14H14N2O4/c17-13(18)9-20-7-6-16-14(19)11-3-4-12-10(8-11)2-1-5-15-12/h1-5,8H,6-7,9H2,(H,16,19)(H,17,18). The minimum Gasteiger partial charge on any atom is -0.480 e. The van der Waals surface area contributed by atoms with Gasteiger partial charge in [0.15, 0.2) is 0 Å². The van der Waals surface area contributed by atoms with Crippen LogP contribution in [0, 0.1) is 0 Å². The summed E-state index contributed by atoms with van der Waals surface area (Å²) in [5.41, 5.74) is 1.36. The zero-order valence-corrected chi connectivity index (χ0v) is 10.7. The third kappa shape index (κ3) is 3.76. The summed E-state index contributed by atoms with van der Waals surface area (Å²) < 4.78 is 4.83. The molecule has 0 aliphatic heterocycles. The number of aliphatic carboxylic acids is 1. The predicted octanol–water partition coefficient (Wildman–Crippen LogP) is 1.07. The van der Waals surface area contributed by atoms with E-state index < -0.39 is 5.97 Å². The molecule has 0 spiro atoms. The summed E-state index contributed by atoms with van der Waals surface area (Å²) in [6.07, 6.45) is 1.70. The number of amides is 1. The molecule has 0 saturated heterocycles. The molecule has 1 aromatic heterocycles. The summed E-state index contributed by atoms with van der Waals surface area (Å²) in [4.78, 5) is 26.3. The molecule has 2 N–H and O–H groups in total. The lowest BCUT2D eigenvalue weighted by molar-refractivity contribution is -0.142. The van der Waals surface area contributed by atoms with Crippen LogP contribution in [-0.2, 0) is 9.53 Å². The normalized spacial score (nSPS) is 10.4. The van der Waals surface area contributed by atoms with Gasteiger partial charge in [0.2, 0.25) is 0 Å². The van der Waals surface area contributed by atoms with E-state index >= 15 is 0 Å². The topological polar surface area (TPSA) is 88.5 Å². The Hall–Kier alpha value is -2.47. The Bertz CT molecular complexity index is 627. The first-order valence-electron chi connectivity index (χ1n) is 6.09. The van der Waals surface area contributed by atoms with Crippen molar-refractivity contribution in [3.8, 4) is 0 Å². The van der Waals surface area contributed by atoms with E-state index in [-0.39, 0.29) is 25.7 Å². The van der Waals surface area contributed by atoms with Gasteiger partial charge in [-0.1, -0.05) is 6.07 Å². The second-order valence-corrected chi connectivity index (χ2v) is 4.11. The summed E-state index contributed by atoms with van der Waals surface area (Å²) >= 11 is 0. The predicted molar refractivity (Wildman–Crippen MR) is 72.5 cm³/mol. The Morgan fingerprint density at radius 3 is 2.95 bits per heavy atom. The molecule has 0 fully saturated rings. The SMILES string of the molecule is O=C(O)COCCNC(=O)c1ccc2ncccc2c1. The van der Waals surface area contributed by atoms with Gasteiger partial charge in [-0.15, -0.1) is 0 Å². The van der Waals surface area contributed by atoms with Gasteiger partial charge in [-0.2, -0.15) is 0 Å². The van der Waals surface area contributed by atoms with Crippen molar-refractivity contribution in [2.24, 2.45) is 0 Å². The molecule has 0 aliphatic rings. The summed E-state index contributed by atoms with van der Waals surface area (Å²) in [5.74, 6) is -1.26. The van der Waals surface area contributed by atoms with Crippen molar-refractivity contribution in [1.29, 1.82) is 0 Å². The lowest BCUT2D eigenvalue weighted by atomic mass is 10.1. The zero-order valence-electron chi connectivity index (χ0n) is 10.7. The summed E-state index contributed by atoms with van der Waals surface area (Å²) in [7, 11) is 0. The van der Waals surface area contributed by atoms with Crippen LogP contribution in [0.1, 0.15) is 10.4 Å². The Labute approximate surface area is 115 Å². The largest absolute Gasteiger partial charge is 0.480 e. The number of nitrogens with one attached hydrogen (secondary N) is 1.